The molecule has 6 nitrogen and oxygen atoms in total. The summed E-state index contributed by atoms with van der Waals surface area (Å²) in [6.45, 7) is 6.17. The van der Waals surface area contributed by atoms with Gasteiger partial charge in [0.05, 0.1) is 18.2 Å². The predicted molar refractivity (Wildman–Crippen MR) is 105 cm³/mol. The Balaban J connectivity index is 1.52. The summed E-state index contributed by atoms with van der Waals surface area (Å²) in [6, 6.07) is 17.3. The third-order valence-electron chi connectivity index (χ3n) is 4.17. The molecule has 1 amide bonds. The van der Waals surface area contributed by atoms with Gasteiger partial charge >= 0.3 is 6.09 Å². The number of rotatable bonds is 3. The number of nitriles is 1. The Hall–Kier alpha value is -3.04. The SMILES string of the molecule is CC(C)(C)OC(=O)N1CCC(Oc2ccc(-c3ccc(C#N)cc3)cc2)CO1. The molecule has 3 rings (SSSR count). The van der Waals surface area contributed by atoms with Gasteiger partial charge in [0.15, 0.2) is 0 Å². The second-order valence-electron chi connectivity index (χ2n) is 7.62. The molecule has 1 heterocycles. The van der Waals surface area contributed by atoms with Crippen LogP contribution < -0.4 is 4.74 Å². The van der Waals surface area contributed by atoms with E-state index in [1.807, 2.05) is 57.2 Å². The first-order valence-corrected chi connectivity index (χ1v) is 9.25. The molecule has 0 aromatic heterocycles. The number of carbonyl (C=O) groups excluding carboxylic acids is 1. The molecule has 0 spiro atoms. The lowest BCUT2D eigenvalue weighted by atomic mass is 10.0. The molecule has 0 radical (unpaired) electrons. The highest BCUT2D eigenvalue weighted by Crippen LogP contribution is 2.24. The zero-order chi connectivity index (χ0) is 20.1. The lowest BCUT2D eigenvalue weighted by Gasteiger charge is -2.32. The third kappa shape index (κ3) is 5.24. The van der Waals surface area contributed by atoms with Crippen LogP contribution in [0.15, 0.2) is 48.5 Å². The normalized spacial score (nSPS) is 16.9. The molecule has 6 heteroatoms. The highest BCUT2D eigenvalue weighted by atomic mass is 16.7. The van der Waals surface area contributed by atoms with Crippen LogP contribution in [0.4, 0.5) is 4.79 Å². The average molecular weight is 380 g/mol. The molecule has 1 aliphatic rings. The van der Waals surface area contributed by atoms with Crippen LogP contribution >= 0.6 is 0 Å². The van der Waals surface area contributed by atoms with Crippen molar-refractivity contribution in [1.29, 1.82) is 5.26 Å². The topological polar surface area (TPSA) is 71.8 Å². The van der Waals surface area contributed by atoms with Gasteiger partial charge in [-0.15, -0.1) is 0 Å². The number of nitrogens with zero attached hydrogens (tertiary/aromatic N) is 2. The first kappa shape index (κ1) is 19.7. The van der Waals surface area contributed by atoms with Crippen LogP contribution in [0.5, 0.6) is 5.75 Å². The minimum absolute atomic E-state index is 0.126. The second-order valence-corrected chi connectivity index (χ2v) is 7.62. The minimum atomic E-state index is -0.551. The number of benzene rings is 2. The Bertz CT molecular complexity index is 840. The maximum absolute atomic E-state index is 12.0. The molecule has 0 N–H and O–H groups in total. The number of ether oxygens (including phenoxy) is 2. The lowest BCUT2D eigenvalue weighted by Crippen LogP contribution is -2.45. The monoisotopic (exact) mass is 380 g/mol. The molecule has 28 heavy (non-hydrogen) atoms. The Labute approximate surface area is 165 Å². The minimum Gasteiger partial charge on any atom is -0.488 e. The summed E-state index contributed by atoms with van der Waals surface area (Å²) < 4.78 is 11.3. The quantitative estimate of drug-likeness (QED) is 0.781. The van der Waals surface area contributed by atoms with Gasteiger partial charge in [-0.05, 0) is 56.2 Å². The summed E-state index contributed by atoms with van der Waals surface area (Å²) in [6.07, 6.45) is 0.0635. The predicted octanol–water partition coefficient (Wildman–Crippen LogP) is 4.55. The van der Waals surface area contributed by atoms with Crippen molar-refractivity contribution in [2.24, 2.45) is 0 Å². The van der Waals surface area contributed by atoms with Gasteiger partial charge in [0.1, 0.15) is 24.1 Å². The molecule has 1 fully saturated rings. The molecule has 2 aromatic carbocycles. The molecule has 1 atom stereocenters. The fourth-order valence-corrected chi connectivity index (χ4v) is 2.79. The van der Waals surface area contributed by atoms with E-state index in [2.05, 4.69) is 6.07 Å². The zero-order valence-electron chi connectivity index (χ0n) is 16.3. The zero-order valence-corrected chi connectivity index (χ0v) is 16.3. The third-order valence-corrected chi connectivity index (χ3v) is 4.17. The van der Waals surface area contributed by atoms with Crippen molar-refractivity contribution in [2.75, 3.05) is 13.2 Å². The van der Waals surface area contributed by atoms with E-state index in [4.69, 9.17) is 19.6 Å². The van der Waals surface area contributed by atoms with Crippen molar-refractivity contribution < 1.29 is 19.1 Å². The molecule has 1 unspecified atom stereocenters. The standard InChI is InChI=1S/C22H24N2O4/c1-22(2,3)28-21(25)24-13-12-20(15-26-24)27-19-10-8-18(9-11-19)17-6-4-16(14-23)5-7-17/h4-11,20H,12-13,15H2,1-3H3. The molecule has 0 saturated carbocycles. The van der Waals surface area contributed by atoms with Gasteiger partial charge < -0.3 is 9.47 Å². The van der Waals surface area contributed by atoms with Gasteiger partial charge in [0.25, 0.3) is 0 Å². The summed E-state index contributed by atoms with van der Waals surface area (Å²) in [5, 5.41) is 10.1. The summed E-state index contributed by atoms with van der Waals surface area (Å²) in [7, 11) is 0. The first-order chi connectivity index (χ1) is 13.3. The highest BCUT2D eigenvalue weighted by Gasteiger charge is 2.28. The Morgan fingerprint density at radius 3 is 2.21 bits per heavy atom. The van der Waals surface area contributed by atoms with Crippen LogP contribution in [-0.4, -0.2) is 36.0 Å². The highest BCUT2D eigenvalue weighted by molar-refractivity contribution is 5.67. The number of hydrogen-bond acceptors (Lipinski definition) is 5. The van der Waals surface area contributed by atoms with Crippen LogP contribution in [0.1, 0.15) is 32.8 Å². The molecule has 1 aliphatic heterocycles. The largest absolute Gasteiger partial charge is 0.488 e. The van der Waals surface area contributed by atoms with Gasteiger partial charge in [-0.25, -0.2) is 4.79 Å². The summed E-state index contributed by atoms with van der Waals surface area (Å²) in [4.78, 5) is 17.5. The van der Waals surface area contributed by atoms with Gasteiger partial charge in [0, 0.05) is 6.42 Å². The van der Waals surface area contributed by atoms with E-state index in [9.17, 15) is 4.79 Å². The number of hydroxylamine groups is 2. The number of amides is 1. The van der Waals surface area contributed by atoms with E-state index in [-0.39, 0.29) is 12.7 Å². The van der Waals surface area contributed by atoms with Crippen molar-refractivity contribution in [3.63, 3.8) is 0 Å². The lowest BCUT2D eigenvalue weighted by molar-refractivity contribution is -0.189. The van der Waals surface area contributed by atoms with Crippen molar-refractivity contribution in [3.8, 4) is 22.9 Å². The van der Waals surface area contributed by atoms with Gasteiger partial charge in [-0.3, -0.25) is 4.84 Å². The van der Waals surface area contributed by atoms with Crippen LogP contribution in [-0.2, 0) is 9.57 Å². The fraction of sp³-hybridized carbons (Fsp3) is 0.364. The molecular formula is C22H24N2O4. The van der Waals surface area contributed by atoms with E-state index < -0.39 is 11.7 Å². The molecule has 0 aliphatic carbocycles. The van der Waals surface area contributed by atoms with Crippen molar-refractivity contribution >= 4 is 6.09 Å². The van der Waals surface area contributed by atoms with Crippen molar-refractivity contribution in [2.45, 2.75) is 38.9 Å². The summed E-state index contributed by atoms with van der Waals surface area (Å²) in [5.41, 5.74) is 2.18. The van der Waals surface area contributed by atoms with Gasteiger partial charge in [-0.1, -0.05) is 24.3 Å². The summed E-state index contributed by atoms with van der Waals surface area (Å²) in [5.74, 6) is 0.747. The Kier molecular flexibility index (Phi) is 5.86. The fourth-order valence-electron chi connectivity index (χ4n) is 2.79. The van der Waals surface area contributed by atoms with Crippen molar-refractivity contribution in [1.82, 2.24) is 5.06 Å². The summed E-state index contributed by atoms with van der Waals surface area (Å²) >= 11 is 0. The maximum Gasteiger partial charge on any atom is 0.434 e. The van der Waals surface area contributed by atoms with E-state index >= 15 is 0 Å². The molecule has 146 valence electrons. The average Bonchev–Trinajstić information content (AvgIpc) is 2.68. The molecule has 2 aromatic rings. The number of hydrogen-bond donors (Lipinski definition) is 0. The van der Waals surface area contributed by atoms with Gasteiger partial charge in [0.2, 0.25) is 0 Å². The maximum atomic E-state index is 12.0. The molecular weight excluding hydrogens is 356 g/mol. The molecule has 1 saturated heterocycles. The Morgan fingerprint density at radius 1 is 1.11 bits per heavy atom. The van der Waals surface area contributed by atoms with E-state index in [0.29, 0.717) is 18.5 Å². The first-order valence-electron chi connectivity index (χ1n) is 9.25. The van der Waals surface area contributed by atoms with E-state index in [1.54, 1.807) is 12.1 Å². The Morgan fingerprint density at radius 2 is 1.71 bits per heavy atom. The second kappa shape index (κ2) is 8.32. The van der Waals surface area contributed by atoms with Crippen LogP contribution in [0.3, 0.4) is 0 Å². The van der Waals surface area contributed by atoms with E-state index in [1.165, 1.54) is 5.06 Å². The van der Waals surface area contributed by atoms with E-state index in [0.717, 1.165) is 16.9 Å². The number of carbonyl (C=O) groups is 1. The van der Waals surface area contributed by atoms with Crippen LogP contribution in [0.2, 0.25) is 0 Å². The van der Waals surface area contributed by atoms with Crippen LogP contribution in [0, 0.1) is 11.3 Å². The smallest absolute Gasteiger partial charge is 0.434 e. The van der Waals surface area contributed by atoms with Gasteiger partial charge in [-0.2, -0.15) is 10.3 Å². The van der Waals surface area contributed by atoms with Crippen molar-refractivity contribution in [3.05, 3.63) is 54.1 Å². The van der Waals surface area contributed by atoms with Crippen LogP contribution in [0.25, 0.3) is 11.1 Å². The molecule has 0 bridgehead atoms.